The van der Waals surface area contributed by atoms with Gasteiger partial charge in [0.05, 0.1) is 5.92 Å². The van der Waals surface area contributed by atoms with E-state index in [9.17, 15) is 9.59 Å². The van der Waals surface area contributed by atoms with Crippen LogP contribution in [0.3, 0.4) is 0 Å². The molecular weight excluding hydrogens is 280 g/mol. The molecule has 0 aliphatic rings. The van der Waals surface area contributed by atoms with Gasteiger partial charge >= 0.3 is 11.9 Å². The number of hydrogen-bond donors (Lipinski definition) is 0. The van der Waals surface area contributed by atoms with Crippen molar-refractivity contribution in [2.45, 2.75) is 20.8 Å². The highest BCUT2D eigenvalue weighted by molar-refractivity contribution is 5.82. The van der Waals surface area contributed by atoms with E-state index in [1.807, 2.05) is 24.3 Å². The first-order chi connectivity index (χ1) is 10.5. The SMILES string of the molecule is CC(=O)Oc1ccccc1-c1ccccc1OC(=O)C(C)C. The normalized spacial score (nSPS) is 10.4. The highest BCUT2D eigenvalue weighted by Gasteiger charge is 2.16. The van der Waals surface area contributed by atoms with Crippen molar-refractivity contribution in [3.63, 3.8) is 0 Å². The molecule has 22 heavy (non-hydrogen) atoms. The van der Waals surface area contributed by atoms with E-state index in [2.05, 4.69) is 0 Å². The van der Waals surface area contributed by atoms with Crippen LogP contribution in [0, 0.1) is 5.92 Å². The molecule has 0 radical (unpaired) electrons. The summed E-state index contributed by atoms with van der Waals surface area (Å²) in [5, 5.41) is 0. The van der Waals surface area contributed by atoms with Gasteiger partial charge < -0.3 is 9.47 Å². The molecule has 0 bridgehead atoms. The number of hydrogen-bond acceptors (Lipinski definition) is 4. The van der Waals surface area contributed by atoms with Crippen molar-refractivity contribution in [1.82, 2.24) is 0 Å². The second-order valence-electron chi connectivity index (χ2n) is 5.16. The van der Waals surface area contributed by atoms with E-state index in [4.69, 9.17) is 9.47 Å². The highest BCUT2D eigenvalue weighted by atomic mass is 16.5. The summed E-state index contributed by atoms with van der Waals surface area (Å²) in [7, 11) is 0. The van der Waals surface area contributed by atoms with Crippen LogP contribution in [0.4, 0.5) is 0 Å². The molecule has 0 unspecified atom stereocenters. The zero-order valence-corrected chi connectivity index (χ0v) is 12.8. The average molecular weight is 298 g/mol. The summed E-state index contributed by atoms with van der Waals surface area (Å²) in [5.74, 6) is -0.0536. The molecule has 0 heterocycles. The second-order valence-corrected chi connectivity index (χ2v) is 5.16. The predicted octanol–water partition coefficient (Wildman–Crippen LogP) is 3.84. The number of benzene rings is 2. The van der Waals surface area contributed by atoms with Crippen molar-refractivity contribution < 1.29 is 19.1 Å². The minimum Gasteiger partial charge on any atom is -0.426 e. The molecular formula is C18H18O4. The summed E-state index contributed by atoms with van der Waals surface area (Å²) >= 11 is 0. The van der Waals surface area contributed by atoms with Crippen molar-refractivity contribution in [2.75, 3.05) is 0 Å². The van der Waals surface area contributed by atoms with Gasteiger partial charge in [-0.15, -0.1) is 0 Å². The topological polar surface area (TPSA) is 52.6 Å². The van der Waals surface area contributed by atoms with Crippen LogP contribution in [0.5, 0.6) is 11.5 Å². The fourth-order valence-corrected chi connectivity index (χ4v) is 1.94. The van der Waals surface area contributed by atoms with Crippen LogP contribution in [0.2, 0.25) is 0 Å². The number of para-hydroxylation sites is 2. The molecule has 4 heteroatoms. The summed E-state index contributed by atoms with van der Waals surface area (Å²) in [5.41, 5.74) is 1.40. The van der Waals surface area contributed by atoms with Crippen LogP contribution in [0.25, 0.3) is 11.1 Å². The van der Waals surface area contributed by atoms with E-state index in [1.165, 1.54) is 6.92 Å². The van der Waals surface area contributed by atoms with Gasteiger partial charge in [0.2, 0.25) is 0 Å². The Morgan fingerprint density at radius 2 is 1.27 bits per heavy atom. The molecule has 0 atom stereocenters. The summed E-state index contributed by atoms with van der Waals surface area (Å²) < 4.78 is 10.7. The van der Waals surface area contributed by atoms with E-state index in [-0.39, 0.29) is 11.9 Å². The van der Waals surface area contributed by atoms with Gasteiger partial charge in [-0.1, -0.05) is 50.2 Å². The number of ether oxygens (including phenoxy) is 2. The van der Waals surface area contributed by atoms with Crippen LogP contribution in [0.1, 0.15) is 20.8 Å². The molecule has 4 nitrogen and oxygen atoms in total. The second kappa shape index (κ2) is 6.89. The molecule has 0 saturated carbocycles. The van der Waals surface area contributed by atoms with Crippen molar-refractivity contribution in [3.05, 3.63) is 48.5 Å². The van der Waals surface area contributed by atoms with Gasteiger partial charge in [-0.05, 0) is 12.1 Å². The van der Waals surface area contributed by atoms with Crippen molar-refractivity contribution in [1.29, 1.82) is 0 Å². The lowest BCUT2D eigenvalue weighted by atomic mass is 10.0. The zero-order chi connectivity index (χ0) is 16.1. The Kier molecular flexibility index (Phi) is 4.94. The van der Waals surface area contributed by atoms with Gasteiger partial charge in [0.15, 0.2) is 0 Å². The third kappa shape index (κ3) is 3.73. The Bertz CT molecular complexity index is 689. The lowest BCUT2D eigenvalue weighted by Crippen LogP contribution is -2.15. The van der Waals surface area contributed by atoms with Crippen molar-refractivity contribution in [3.8, 4) is 22.6 Å². The third-order valence-electron chi connectivity index (χ3n) is 3.00. The predicted molar refractivity (Wildman–Crippen MR) is 83.7 cm³/mol. The fourth-order valence-electron chi connectivity index (χ4n) is 1.94. The molecule has 0 fully saturated rings. The Balaban J connectivity index is 2.45. The quantitative estimate of drug-likeness (QED) is 0.635. The molecule has 0 spiro atoms. The molecule has 0 amide bonds. The summed E-state index contributed by atoms with van der Waals surface area (Å²) in [6.45, 7) is 4.90. The summed E-state index contributed by atoms with van der Waals surface area (Å²) in [4.78, 5) is 23.1. The molecule has 0 aliphatic heterocycles. The van der Waals surface area contributed by atoms with Gasteiger partial charge in [0, 0.05) is 18.1 Å². The van der Waals surface area contributed by atoms with Crippen LogP contribution in [-0.2, 0) is 9.59 Å². The van der Waals surface area contributed by atoms with Crippen LogP contribution in [-0.4, -0.2) is 11.9 Å². The van der Waals surface area contributed by atoms with Gasteiger partial charge in [0.25, 0.3) is 0 Å². The Labute approximate surface area is 129 Å². The van der Waals surface area contributed by atoms with E-state index in [1.54, 1.807) is 38.1 Å². The van der Waals surface area contributed by atoms with E-state index < -0.39 is 5.97 Å². The Morgan fingerprint density at radius 3 is 1.73 bits per heavy atom. The number of carbonyl (C=O) groups is 2. The van der Waals surface area contributed by atoms with Crippen molar-refractivity contribution in [2.24, 2.45) is 5.92 Å². The van der Waals surface area contributed by atoms with Crippen LogP contribution < -0.4 is 9.47 Å². The standard InChI is InChI=1S/C18H18O4/c1-12(2)18(20)22-17-11-7-5-9-15(17)14-8-4-6-10-16(14)21-13(3)19/h4-12H,1-3H3. The minimum atomic E-state index is -0.399. The third-order valence-corrected chi connectivity index (χ3v) is 3.00. The van der Waals surface area contributed by atoms with Gasteiger partial charge in [-0.25, -0.2) is 0 Å². The summed E-state index contributed by atoms with van der Waals surface area (Å²) in [6.07, 6.45) is 0. The van der Waals surface area contributed by atoms with Crippen LogP contribution >= 0.6 is 0 Å². The highest BCUT2D eigenvalue weighted by Crippen LogP contribution is 2.36. The molecule has 114 valence electrons. The Morgan fingerprint density at radius 1 is 0.818 bits per heavy atom. The molecule has 2 rings (SSSR count). The minimum absolute atomic E-state index is 0.225. The van der Waals surface area contributed by atoms with E-state index in [0.717, 1.165) is 0 Å². The maximum atomic E-state index is 11.9. The molecule has 0 aliphatic carbocycles. The monoisotopic (exact) mass is 298 g/mol. The van der Waals surface area contributed by atoms with E-state index >= 15 is 0 Å². The van der Waals surface area contributed by atoms with E-state index in [0.29, 0.717) is 22.6 Å². The molecule has 2 aromatic rings. The smallest absolute Gasteiger partial charge is 0.313 e. The van der Waals surface area contributed by atoms with Gasteiger partial charge in [0.1, 0.15) is 11.5 Å². The largest absolute Gasteiger partial charge is 0.426 e. The first kappa shape index (κ1) is 15.8. The first-order valence-corrected chi connectivity index (χ1v) is 7.07. The maximum Gasteiger partial charge on any atom is 0.313 e. The lowest BCUT2D eigenvalue weighted by molar-refractivity contribution is -0.137. The van der Waals surface area contributed by atoms with Gasteiger partial charge in [-0.3, -0.25) is 9.59 Å². The van der Waals surface area contributed by atoms with Gasteiger partial charge in [-0.2, -0.15) is 0 Å². The molecule has 0 saturated heterocycles. The number of rotatable bonds is 4. The average Bonchev–Trinajstić information content (AvgIpc) is 2.48. The molecule has 2 aromatic carbocycles. The number of carbonyl (C=O) groups excluding carboxylic acids is 2. The molecule has 0 aromatic heterocycles. The fraction of sp³-hybridized carbons (Fsp3) is 0.222. The van der Waals surface area contributed by atoms with Crippen LogP contribution in [0.15, 0.2) is 48.5 Å². The Hall–Kier alpha value is -2.62. The summed E-state index contributed by atoms with van der Waals surface area (Å²) in [6, 6.07) is 14.3. The lowest BCUT2D eigenvalue weighted by Gasteiger charge is -2.14. The maximum absolute atomic E-state index is 11.9. The molecule has 0 N–H and O–H groups in total. The number of esters is 2. The van der Waals surface area contributed by atoms with Crippen molar-refractivity contribution >= 4 is 11.9 Å². The zero-order valence-electron chi connectivity index (χ0n) is 12.8. The first-order valence-electron chi connectivity index (χ1n) is 7.07.